The number of hydrogen-bond donors (Lipinski definition) is 1. The average molecular weight is 299 g/mol. The zero-order valence-corrected chi connectivity index (χ0v) is 15.1. The van der Waals surface area contributed by atoms with Crippen molar-refractivity contribution < 1.29 is 5.11 Å². The first-order chi connectivity index (χ1) is 9.94. The highest BCUT2D eigenvalue weighted by atomic mass is 16.3. The number of nitrogens with zero attached hydrogens (tertiary/aromatic N) is 2. The van der Waals surface area contributed by atoms with Gasteiger partial charge in [0.1, 0.15) is 0 Å². The SMILES string of the molecule is CCN(CC)CCCN(CC)CC1CCCC(C)(C)C1O. The summed E-state index contributed by atoms with van der Waals surface area (Å²) < 4.78 is 0. The molecule has 0 aromatic rings. The summed E-state index contributed by atoms with van der Waals surface area (Å²) >= 11 is 0. The minimum atomic E-state index is -0.136. The third-order valence-electron chi connectivity index (χ3n) is 5.43. The molecule has 0 radical (unpaired) electrons. The molecule has 2 unspecified atom stereocenters. The van der Waals surface area contributed by atoms with Gasteiger partial charge in [-0.2, -0.15) is 0 Å². The molecule has 1 N–H and O–H groups in total. The summed E-state index contributed by atoms with van der Waals surface area (Å²) in [6.07, 6.45) is 4.73. The lowest BCUT2D eigenvalue weighted by Gasteiger charge is -2.42. The molecule has 0 spiro atoms. The van der Waals surface area contributed by atoms with Gasteiger partial charge in [0.15, 0.2) is 0 Å². The van der Waals surface area contributed by atoms with Crippen LogP contribution in [0.1, 0.15) is 60.3 Å². The summed E-state index contributed by atoms with van der Waals surface area (Å²) in [5.41, 5.74) is 0.101. The van der Waals surface area contributed by atoms with Crippen LogP contribution in [0.2, 0.25) is 0 Å². The van der Waals surface area contributed by atoms with Crippen molar-refractivity contribution in [1.29, 1.82) is 0 Å². The van der Waals surface area contributed by atoms with Gasteiger partial charge >= 0.3 is 0 Å². The average Bonchev–Trinajstić information content (AvgIpc) is 2.46. The Morgan fingerprint density at radius 2 is 1.57 bits per heavy atom. The molecule has 0 aromatic heterocycles. The Hall–Kier alpha value is -0.120. The van der Waals surface area contributed by atoms with Crippen molar-refractivity contribution in [3.8, 4) is 0 Å². The van der Waals surface area contributed by atoms with Gasteiger partial charge in [-0.15, -0.1) is 0 Å². The normalized spacial score (nSPS) is 25.7. The van der Waals surface area contributed by atoms with E-state index in [4.69, 9.17) is 0 Å². The molecule has 1 saturated carbocycles. The lowest BCUT2D eigenvalue weighted by atomic mass is 9.69. The van der Waals surface area contributed by atoms with Crippen LogP contribution in [0, 0.1) is 11.3 Å². The summed E-state index contributed by atoms with van der Waals surface area (Å²) in [4.78, 5) is 5.03. The summed E-state index contributed by atoms with van der Waals surface area (Å²) in [5.74, 6) is 0.460. The number of hydrogen-bond acceptors (Lipinski definition) is 3. The van der Waals surface area contributed by atoms with Crippen LogP contribution >= 0.6 is 0 Å². The Balaban J connectivity index is 2.39. The van der Waals surface area contributed by atoms with E-state index in [0.717, 1.165) is 32.7 Å². The molecule has 0 aromatic carbocycles. The fraction of sp³-hybridized carbons (Fsp3) is 1.00. The smallest absolute Gasteiger partial charge is 0.0631 e. The molecule has 0 saturated heterocycles. The van der Waals surface area contributed by atoms with Crippen LogP contribution in [0.5, 0.6) is 0 Å². The molecule has 21 heavy (non-hydrogen) atoms. The highest BCUT2D eigenvalue weighted by Gasteiger charge is 2.37. The van der Waals surface area contributed by atoms with Gasteiger partial charge in [0, 0.05) is 6.54 Å². The van der Waals surface area contributed by atoms with E-state index in [0.29, 0.717) is 5.92 Å². The molecule has 1 fully saturated rings. The van der Waals surface area contributed by atoms with Crippen LogP contribution in [0.25, 0.3) is 0 Å². The highest BCUT2D eigenvalue weighted by Crippen LogP contribution is 2.39. The van der Waals surface area contributed by atoms with Gasteiger partial charge in [-0.25, -0.2) is 0 Å². The number of rotatable bonds is 9. The molecule has 1 rings (SSSR count). The minimum absolute atomic E-state index is 0.101. The van der Waals surface area contributed by atoms with E-state index >= 15 is 0 Å². The molecule has 126 valence electrons. The molecular weight excluding hydrogens is 260 g/mol. The predicted molar refractivity (Wildman–Crippen MR) is 91.6 cm³/mol. The van der Waals surface area contributed by atoms with E-state index in [-0.39, 0.29) is 11.5 Å². The largest absolute Gasteiger partial charge is 0.392 e. The molecule has 0 heterocycles. The van der Waals surface area contributed by atoms with Crippen LogP contribution in [0.3, 0.4) is 0 Å². The van der Waals surface area contributed by atoms with Crippen LogP contribution in [0.4, 0.5) is 0 Å². The van der Waals surface area contributed by atoms with E-state index in [1.54, 1.807) is 0 Å². The highest BCUT2D eigenvalue weighted by molar-refractivity contribution is 4.89. The molecule has 0 bridgehead atoms. The second-order valence-electron chi connectivity index (χ2n) is 7.36. The van der Waals surface area contributed by atoms with Gasteiger partial charge in [0.2, 0.25) is 0 Å². The first-order valence-corrected chi connectivity index (χ1v) is 9.07. The van der Waals surface area contributed by atoms with E-state index in [1.165, 1.54) is 32.2 Å². The second kappa shape index (κ2) is 9.12. The maximum absolute atomic E-state index is 10.6. The van der Waals surface area contributed by atoms with Gasteiger partial charge in [-0.3, -0.25) is 0 Å². The molecule has 3 heteroatoms. The number of aliphatic hydroxyl groups excluding tert-OH is 1. The van der Waals surface area contributed by atoms with Crippen LogP contribution < -0.4 is 0 Å². The Morgan fingerprint density at radius 1 is 1.00 bits per heavy atom. The van der Waals surface area contributed by atoms with Crippen molar-refractivity contribution >= 4 is 0 Å². The lowest BCUT2D eigenvalue weighted by Crippen LogP contribution is -2.45. The summed E-state index contributed by atoms with van der Waals surface area (Å²) in [6, 6.07) is 0. The summed E-state index contributed by atoms with van der Waals surface area (Å²) in [6.45, 7) is 18.0. The Morgan fingerprint density at radius 3 is 2.14 bits per heavy atom. The Kier molecular flexibility index (Phi) is 8.22. The van der Waals surface area contributed by atoms with Gasteiger partial charge < -0.3 is 14.9 Å². The zero-order valence-electron chi connectivity index (χ0n) is 15.1. The van der Waals surface area contributed by atoms with Crippen molar-refractivity contribution in [2.45, 2.75) is 66.4 Å². The number of aliphatic hydroxyl groups is 1. The summed E-state index contributed by atoms with van der Waals surface area (Å²) in [5, 5.41) is 10.6. The topological polar surface area (TPSA) is 26.7 Å². The fourth-order valence-corrected chi connectivity index (χ4v) is 3.72. The third-order valence-corrected chi connectivity index (χ3v) is 5.43. The molecule has 1 aliphatic carbocycles. The van der Waals surface area contributed by atoms with Crippen molar-refractivity contribution in [2.24, 2.45) is 11.3 Å². The van der Waals surface area contributed by atoms with Crippen LogP contribution in [-0.4, -0.2) is 60.3 Å². The van der Waals surface area contributed by atoms with Crippen LogP contribution in [0.15, 0.2) is 0 Å². The molecule has 0 amide bonds. The zero-order chi connectivity index (χ0) is 15.9. The first kappa shape index (κ1) is 18.9. The van der Waals surface area contributed by atoms with Crippen molar-refractivity contribution in [3.05, 3.63) is 0 Å². The van der Waals surface area contributed by atoms with E-state index < -0.39 is 0 Å². The standard InChI is InChI=1S/C18H38N2O/c1-6-19(7-2)13-10-14-20(8-3)15-16-11-9-12-18(4,5)17(16)21/h16-17,21H,6-15H2,1-5H3. The van der Waals surface area contributed by atoms with E-state index in [9.17, 15) is 5.11 Å². The predicted octanol–water partition coefficient (Wildman–Crippen LogP) is 3.23. The summed E-state index contributed by atoms with van der Waals surface area (Å²) in [7, 11) is 0. The Labute approximate surface area is 132 Å². The maximum atomic E-state index is 10.6. The van der Waals surface area contributed by atoms with Crippen molar-refractivity contribution in [2.75, 3.05) is 39.3 Å². The first-order valence-electron chi connectivity index (χ1n) is 9.07. The molecule has 1 aliphatic rings. The molecule has 0 aliphatic heterocycles. The Bertz CT molecular complexity index is 276. The third kappa shape index (κ3) is 5.88. The van der Waals surface area contributed by atoms with E-state index in [2.05, 4.69) is 44.4 Å². The fourth-order valence-electron chi connectivity index (χ4n) is 3.72. The van der Waals surface area contributed by atoms with E-state index in [1.807, 2.05) is 0 Å². The monoisotopic (exact) mass is 298 g/mol. The maximum Gasteiger partial charge on any atom is 0.0631 e. The molecule has 3 nitrogen and oxygen atoms in total. The minimum Gasteiger partial charge on any atom is -0.392 e. The van der Waals surface area contributed by atoms with Gasteiger partial charge in [-0.1, -0.05) is 41.0 Å². The van der Waals surface area contributed by atoms with Crippen molar-refractivity contribution in [3.63, 3.8) is 0 Å². The van der Waals surface area contributed by atoms with Gasteiger partial charge in [0.25, 0.3) is 0 Å². The van der Waals surface area contributed by atoms with Gasteiger partial charge in [-0.05, 0) is 63.3 Å². The second-order valence-corrected chi connectivity index (χ2v) is 7.36. The quantitative estimate of drug-likeness (QED) is 0.708. The molecular formula is C18H38N2O. The lowest BCUT2D eigenvalue weighted by molar-refractivity contribution is -0.0427. The van der Waals surface area contributed by atoms with Crippen LogP contribution in [-0.2, 0) is 0 Å². The molecule has 2 atom stereocenters. The van der Waals surface area contributed by atoms with Gasteiger partial charge in [0.05, 0.1) is 6.10 Å². The van der Waals surface area contributed by atoms with Crippen molar-refractivity contribution in [1.82, 2.24) is 9.80 Å².